The largest absolute Gasteiger partial charge is 0.339 e. The van der Waals surface area contributed by atoms with Crippen LogP contribution in [-0.4, -0.2) is 51.2 Å². The molecule has 1 fully saturated rings. The second-order valence-corrected chi connectivity index (χ2v) is 8.19. The van der Waals surface area contributed by atoms with Gasteiger partial charge in [0.25, 0.3) is 5.91 Å². The molecule has 1 aliphatic heterocycles. The van der Waals surface area contributed by atoms with Crippen LogP contribution in [0.15, 0.2) is 29.2 Å². The molecule has 24 heavy (non-hydrogen) atoms. The first-order valence-corrected chi connectivity index (χ1v) is 9.96. The van der Waals surface area contributed by atoms with Crippen LogP contribution in [0, 0.1) is 5.92 Å². The average Bonchev–Trinajstić information content (AvgIpc) is 2.59. The van der Waals surface area contributed by atoms with Crippen LogP contribution in [0.3, 0.4) is 0 Å². The summed E-state index contributed by atoms with van der Waals surface area (Å²) in [6.07, 6.45) is 1.92. The van der Waals surface area contributed by atoms with E-state index in [1.807, 2.05) is 0 Å². The van der Waals surface area contributed by atoms with Crippen molar-refractivity contribution in [3.63, 3.8) is 0 Å². The predicted molar refractivity (Wildman–Crippen MR) is 98.6 cm³/mol. The molecule has 1 amide bonds. The molecule has 2 rings (SSSR count). The molecule has 1 aromatic rings. The first-order valence-electron chi connectivity index (χ1n) is 8.31. The maximum Gasteiger partial charge on any atom is 0.255 e. The van der Waals surface area contributed by atoms with Gasteiger partial charge in [0, 0.05) is 13.1 Å². The monoisotopic (exact) mass is 374 g/mol. The van der Waals surface area contributed by atoms with Gasteiger partial charge in [-0.2, -0.15) is 0 Å². The summed E-state index contributed by atoms with van der Waals surface area (Å²) in [6.45, 7) is 7.01. The lowest BCUT2D eigenvalue weighted by Crippen LogP contribution is -2.41. The molecule has 0 aromatic heterocycles. The summed E-state index contributed by atoms with van der Waals surface area (Å²) in [4.78, 5) is 14.7. The summed E-state index contributed by atoms with van der Waals surface area (Å²) < 4.78 is 24.4. The molecular formula is C17H27ClN2O3S. The number of piperidine rings is 1. The molecule has 1 aliphatic rings. The minimum absolute atomic E-state index is 0. The van der Waals surface area contributed by atoms with Gasteiger partial charge < -0.3 is 10.2 Å². The number of carbonyl (C=O) groups is 1. The third-order valence-electron chi connectivity index (χ3n) is 4.42. The molecule has 136 valence electrons. The van der Waals surface area contributed by atoms with Crippen molar-refractivity contribution in [2.75, 3.05) is 31.9 Å². The summed E-state index contributed by atoms with van der Waals surface area (Å²) in [5.74, 6) is 0.426. The lowest BCUT2D eigenvalue weighted by atomic mass is 9.96. The SMILES string of the molecule is CCNCC1CCN(C(=O)c2ccccc2S(=O)(=O)CC)CC1.Cl. The number of amides is 1. The second kappa shape index (κ2) is 9.39. The van der Waals surface area contributed by atoms with Crippen LogP contribution in [0.4, 0.5) is 0 Å². The number of hydrogen-bond acceptors (Lipinski definition) is 4. The van der Waals surface area contributed by atoms with Crippen molar-refractivity contribution in [1.29, 1.82) is 0 Å². The molecule has 0 spiro atoms. The topological polar surface area (TPSA) is 66.5 Å². The fourth-order valence-electron chi connectivity index (χ4n) is 2.93. The molecule has 5 nitrogen and oxygen atoms in total. The quantitative estimate of drug-likeness (QED) is 0.830. The fourth-order valence-corrected chi connectivity index (χ4v) is 4.02. The smallest absolute Gasteiger partial charge is 0.255 e. The van der Waals surface area contributed by atoms with E-state index in [-0.39, 0.29) is 29.0 Å². The first-order chi connectivity index (χ1) is 11.0. The van der Waals surface area contributed by atoms with Crippen LogP contribution in [0.5, 0.6) is 0 Å². The lowest BCUT2D eigenvalue weighted by Gasteiger charge is -2.32. The van der Waals surface area contributed by atoms with Crippen molar-refractivity contribution in [1.82, 2.24) is 10.2 Å². The van der Waals surface area contributed by atoms with Gasteiger partial charge in [-0.3, -0.25) is 4.79 Å². The molecule has 0 saturated carbocycles. The van der Waals surface area contributed by atoms with Crippen molar-refractivity contribution in [3.8, 4) is 0 Å². The zero-order valence-electron chi connectivity index (χ0n) is 14.3. The summed E-state index contributed by atoms with van der Waals surface area (Å²) in [5, 5.41) is 3.35. The van der Waals surface area contributed by atoms with Crippen molar-refractivity contribution < 1.29 is 13.2 Å². The zero-order chi connectivity index (χ0) is 16.9. The molecule has 0 atom stereocenters. The number of sulfone groups is 1. The highest BCUT2D eigenvalue weighted by Crippen LogP contribution is 2.22. The number of halogens is 1. The van der Waals surface area contributed by atoms with Gasteiger partial charge in [0.2, 0.25) is 0 Å². The number of nitrogens with one attached hydrogen (secondary N) is 1. The summed E-state index contributed by atoms with van der Waals surface area (Å²) >= 11 is 0. The first kappa shape index (κ1) is 20.9. The Hall–Kier alpha value is -1.11. The minimum Gasteiger partial charge on any atom is -0.339 e. The molecule has 1 N–H and O–H groups in total. The predicted octanol–water partition coefficient (Wildman–Crippen LogP) is 2.36. The maximum absolute atomic E-state index is 12.7. The van der Waals surface area contributed by atoms with Crippen molar-refractivity contribution in [2.24, 2.45) is 5.92 Å². The summed E-state index contributed by atoms with van der Waals surface area (Å²) in [6, 6.07) is 6.54. The Bertz CT molecular complexity index is 641. The number of rotatable bonds is 6. The van der Waals surface area contributed by atoms with Crippen molar-refractivity contribution >= 4 is 28.2 Å². The summed E-state index contributed by atoms with van der Waals surface area (Å²) in [7, 11) is -3.39. The van der Waals surface area contributed by atoms with Crippen molar-refractivity contribution in [2.45, 2.75) is 31.6 Å². The Balaban J connectivity index is 0.00000288. The number of likely N-dealkylation sites (tertiary alicyclic amines) is 1. The van der Waals surface area contributed by atoms with Crippen LogP contribution < -0.4 is 5.32 Å². The Morgan fingerprint density at radius 2 is 1.83 bits per heavy atom. The minimum atomic E-state index is -3.39. The van der Waals surface area contributed by atoms with E-state index in [0.717, 1.165) is 25.9 Å². The molecule has 0 bridgehead atoms. The second-order valence-electron chi connectivity index (χ2n) is 5.94. The van der Waals surface area contributed by atoms with E-state index in [0.29, 0.717) is 24.6 Å². The number of hydrogen-bond donors (Lipinski definition) is 1. The Labute approximate surface area is 151 Å². The summed E-state index contributed by atoms with van der Waals surface area (Å²) in [5.41, 5.74) is 0.305. The van der Waals surface area contributed by atoms with E-state index in [9.17, 15) is 13.2 Å². The van der Waals surface area contributed by atoms with Gasteiger partial charge in [0.05, 0.1) is 16.2 Å². The lowest BCUT2D eigenvalue weighted by molar-refractivity contribution is 0.0686. The van der Waals surface area contributed by atoms with Crippen LogP contribution in [0.25, 0.3) is 0 Å². The van der Waals surface area contributed by atoms with Crippen LogP contribution >= 0.6 is 12.4 Å². The number of benzene rings is 1. The molecule has 1 heterocycles. The molecule has 1 saturated heterocycles. The molecule has 0 radical (unpaired) electrons. The highest BCUT2D eigenvalue weighted by molar-refractivity contribution is 7.91. The van der Waals surface area contributed by atoms with E-state index in [4.69, 9.17) is 0 Å². The molecule has 1 aromatic carbocycles. The van der Waals surface area contributed by atoms with Gasteiger partial charge in [-0.25, -0.2) is 8.42 Å². The molecule has 0 aliphatic carbocycles. The van der Waals surface area contributed by atoms with E-state index in [2.05, 4.69) is 12.2 Å². The third-order valence-corrected chi connectivity index (χ3v) is 6.20. The number of carbonyl (C=O) groups excluding carboxylic acids is 1. The van der Waals surface area contributed by atoms with Crippen LogP contribution in [-0.2, 0) is 9.84 Å². The molecular weight excluding hydrogens is 348 g/mol. The molecule has 0 unspecified atom stereocenters. The Morgan fingerprint density at radius 1 is 1.21 bits per heavy atom. The van der Waals surface area contributed by atoms with Gasteiger partial charge in [-0.05, 0) is 44.0 Å². The molecule has 7 heteroatoms. The van der Waals surface area contributed by atoms with E-state index >= 15 is 0 Å². The van der Waals surface area contributed by atoms with Gasteiger partial charge in [0.1, 0.15) is 0 Å². The van der Waals surface area contributed by atoms with Crippen LogP contribution in [0.2, 0.25) is 0 Å². The highest BCUT2D eigenvalue weighted by Gasteiger charge is 2.27. The zero-order valence-corrected chi connectivity index (χ0v) is 16.0. The Kier molecular flexibility index (Phi) is 8.19. The van der Waals surface area contributed by atoms with Gasteiger partial charge >= 0.3 is 0 Å². The third kappa shape index (κ3) is 4.94. The van der Waals surface area contributed by atoms with Gasteiger partial charge in [-0.1, -0.05) is 26.0 Å². The van der Waals surface area contributed by atoms with E-state index < -0.39 is 9.84 Å². The van der Waals surface area contributed by atoms with Gasteiger partial charge in [0.15, 0.2) is 9.84 Å². The van der Waals surface area contributed by atoms with Crippen molar-refractivity contribution in [3.05, 3.63) is 29.8 Å². The number of nitrogens with zero attached hydrogens (tertiary/aromatic N) is 1. The van der Waals surface area contributed by atoms with Gasteiger partial charge in [-0.15, -0.1) is 12.4 Å². The van der Waals surface area contributed by atoms with E-state index in [1.54, 1.807) is 30.0 Å². The standard InChI is InChI=1S/C17H26N2O3S.ClH/c1-3-18-13-14-9-11-19(12-10-14)17(20)15-7-5-6-8-16(15)23(21,22)4-2;/h5-8,14,18H,3-4,9-13H2,1-2H3;1H. The maximum atomic E-state index is 12.7. The fraction of sp³-hybridized carbons (Fsp3) is 0.588. The van der Waals surface area contributed by atoms with Crippen LogP contribution in [0.1, 0.15) is 37.0 Å². The average molecular weight is 375 g/mol. The highest BCUT2D eigenvalue weighted by atomic mass is 35.5. The normalized spacial score (nSPS) is 15.8. The van der Waals surface area contributed by atoms with E-state index in [1.165, 1.54) is 6.07 Å². The Morgan fingerprint density at radius 3 is 2.42 bits per heavy atom.